The van der Waals surface area contributed by atoms with Crippen molar-refractivity contribution < 1.29 is 28.2 Å². The van der Waals surface area contributed by atoms with E-state index in [-0.39, 0.29) is 17.4 Å². The summed E-state index contributed by atoms with van der Waals surface area (Å²) in [4.78, 5) is 10.8. The lowest BCUT2D eigenvalue weighted by molar-refractivity contribution is -0.0504. The third kappa shape index (κ3) is 3.45. The van der Waals surface area contributed by atoms with Gasteiger partial charge in [-0.3, -0.25) is 0 Å². The Balaban J connectivity index is 3.21. The van der Waals surface area contributed by atoms with Crippen molar-refractivity contribution in [1.29, 1.82) is 0 Å². The van der Waals surface area contributed by atoms with Crippen LogP contribution in [0.15, 0.2) is 12.1 Å². The van der Waals surface area contributed by atoms with Crippen LogP contribution in [0.4, 0.5) is 8.78 Å². The zero-order valence-corrected chi connectivity index (χ0v) is 9.50. The smallest absolute Gasteiger partial charge is 0.387 e. The summed E-state index contributed by atoms with van der Waals surface area (Å²) >= 11 is 5.73. The second-order valence-electron chi connectivity index (χ2n) is 2.90. The molecule has 0 aliphatic carbocycles. The molecule has 0 atom stereocenters. The summed E-state index contributed by atoms with van der Waals surface area (Å²) in [7, 11) is 0. The maximum absolute atomic E-state index is 12.1. The summed E-state index contributed by atoms with van der Waals surface area (Å²) in [6.07, 6.45) is 0. The zero-order chi connectivity index (χ0) is 13.0. The van der Waals surface area contributed by atoms with Crippen LogP contribution >= 0.6 is 11.6 Å². The van der Waals surface area contributed by atoms with E-state index in [1.807, 2.05) is 0 Å². The highest BCUT2D eigenvalue weighted by Crippen LogP contribution is 2.33. The average Bonchev–Trinajstić information content (AvgIpc) is 2.21. The van der Waals surface area contributed by atoms with Gasteiger partial charge < -0.3 is 14.6 Å². The monoisotopic (exact) mass is 266 g/mol. The number of alkyl halides is 2. The summed E-state index contributed by atoms with van der Waals surface area (Å²) in [5, 5.41) is 8.82. The van der Waals surface area contributed by atoms with E-state index in [4.69, 9.17) is 21.4 Å². The zero-order valence-electron chi connectivity index (χ0n) is 8.75. The summed E-state index contributed by atoms with van der Waals surface area (Å²) in [5.74, 6) is -1.80. The van der Waals surface area contributed by atoms with Crippen molar-refractivity contribution >= 4 is 17.6 Å². The number of carboxylic acid groups (broad SMARTS) is 1. The number of carbonyl (C=O) groups is 1. The summed E-state index contributed by atoms with van der Waals surface area (Å²) < 4.78 is 33.3. The van der Waals surface area contributed by atoms with Crippen molar-refractivity contribution in [3.05, 3.63) is 22.7 Å². The lowest BCUT2D eigenvalue weighted by Crippen LogP contribution is -2.08. The first-order valence-electron chi connectivity index (χ1n) is 4.60. The van der Waals surface area contributed by atoms with Crippen LogP contribution < -0.4 is 9.47 Å². The molecule has 0 unspecified atom stereocenters. The molecule has 0 fully saturated rings. The number of rotatable bonds is 5. The molecule has 0 radical (unpaired) electrons. The lowest BCUT2D eigenvalue weighted by atomic mass is 10.2. The van der Waals surface area contributed by atoms with Gasteiger partial charge >= 0.3 is 12.6 Å². The summed E-state index contributed by atoms with van der Waals surface area (Å²) in [6, 6.07) is 2.04. The topological polar surface area (TPSA) is 55.8 Å². The predicted octanol–water partition coefficient (Wildman–Crippen LogP) is 3.04. The first-order chi connectivity index (χ1) is 7.95. The van der Waals surface area contributed by atoms with Crippen LogP contribution in [-0.2, 0) is 0 Å². The van der Waals surface area contributed by atoms with Crippen molar-refractivity contribution in [2.24, 2.45) is 0 Å². The number of halogens is 3. The number of carboxylic acids is 1. The highest BCUT2D eigenvalue weighted by atomic mass is 35.5. The molecule has 0 aliphatic rings. The second-order valence-corrected chi connectivity index (χ2v) is 3.30. The van der Waals surface area contributed by atoms with Crippen LogP contribution in [0.25, 0.3) is 0 Å². The van der Waals surface area contributed by atoms with Gasteiger partial charge in [0.1, 0.15) is 17.1 Å². The molecule has 17 heavy (non-hydrogen) atoms. The maximum Gasteiger partial charge on any atom is 0.387 e. The molecule has 0 aliphatic heterocycles. The van der Waals surface area contributed by atoms with E-state index in [9.17, 15) is 13.6 Å². The van der Waals surface area contributed by atoms with Crippen LogP contribution in [0.1, 0.15) is 17.3 Å². The highest BCUT2D eigenvalue weighted by Gasteiger charge is 2.18. The molecule has 0 saturated carbocycles. The van der Waals surface area contributed by atoms with Gasteiger partial charge in [0.2, 0.25) is 0 Å². The van der Waals surface area contributed by atoms with E-state index < -0.39 is 23.9 Å². The quantitative estimate of drug-likeness (QED) is 0.890. The van der Waals surface area contributed by atoms with E-state index >= 15 is 0 Å². The third-order valence-electron chi connectivity index (χ3n) is 1.78. The Morgan fingerprint density at radius 3 is 2.59 bits per heavy atom. The van der Waals surface area contributed by atoms with Gasteiger partial charge in [-0.25, -0.2) is 4.79 Å². The highest BCUT2D eigenvalue weighted by molar-refractivity contribution is 6.32. The Hall–Kier alpha value is -1.56. The second kappa shape index (κ2) is 5.67. The standard InChI is InChI=1S/C10H9ClF2O4/c1-2-16-8-4-7(17-10(12)13)5(9(14)15)3-6(8)11/h3-4,10H,2H2,1H3,(H,14,15). The van der Waals surface area contributed by atoms with Gasteiger partial charge in [0.25, 0.3) is 0 Å². The van der Waals surface area contributed by atoms with Gasteiger partial charge in [-0.1, -0.05) is 11.6 Å². The average molecular weight is 267 g/mol. The van der Waals surface area contributed by atoms with Crippen LogP contribution in [0.5, 0.6) is 11.5 Å². The number of hydrogen-bond acceptors (Lipinski definition) is 3. The van der Waals surface area contributed by atoms with Crippen molar-refractivity contribution in [1.82, 2.24) is 0 Å². The number of benzene rings is 1. The van der Waals surface area contributed by atoms with Crippen molar-refractivity contribution in [3.63, 3.8) is 0 Å². The van der Waals surface area contributed by atoms with Crippen LogP contribution in [0, 0.1) is 0 Å². The first-order valence-corrected chi connectivity index (χ1v) is 4.98. The minimum atomic E-state index is -3.12. The Labute approximate surface area is 101 Å². The van der Waals surface area contributed by atoms with Gasteiger partial charge in [-0.05, 0) is 13.0 Å². The molecule has 0 amide bonds. The molecular weight excluding hydrogens is 258 g/mol. The molecule has 1 aromatic carbocycles. The molecule has 0 aromatic heterocycles. The molecule has 1 rings (SSSR count). The molecule has 94 valence electrons. The minimum Gasteiger partial charge on any atom is -0.492 e. The molecule has 0 spiro atoms. The molecular formula is C10H9ClF2O4. The molecule has 1 aromatic rings. The van der Waals surface area contributed by atoms with E-state index in [1.165, 1.54) is 0 Å². The Bertz CT molecular complexity index is 423. The van der Waals surface area contributed by atoms with Gasteiger partial charge in [0.05, 0.1) is 11.6 Å². The largest absolute Gasteiger partial charge is 0.492 e. The van der Waals surface area contributed by atoms with E-state index in [0.29, 0.717) is 0 Å². The predicted molar refractivity (Wildman–Crippen MR) is 56.2 cm³/mol. The van der Waals surface area contributed by atoms with Crippen molar-refractivity contribution in [2.45, 2.75) is 13.5 Å². The van der Waals surface area contributed by atoms with Gasteiger partial charge in [0, 0.05) is 6.07 Å². The molecule has 1 N–H and O–H groups in total. The van der Waals surface area contributed by atoms with Crippen molar-refractivity contribution in [3.8, 4) is 11.5 Å². The van der Waals surface area contributed by atoms with Crippen LogP contribution in [0.3, 0.4) is 0 Å². The first kappa shape index (κ1) is 13.5. The van der Waals surface area contributed by atoms with Gasteiger partial charge in [-0.2, -0.15) is 8.78 Å². The summed E-state index contributed by atoms with van der Waals surface area (Å²) in [5.41, 5.74) is -0.446. The van der Waals surface area contributed by atoms with Crippen molar-refractivity contribution in [2.75, 3.05) is 6.61 Å². The fourth-order valence-electron chi connectivity index (χ4n) is 1.16. The number of aromatic carboxylic acids is 1. The Kier molecular flexibility index (Phi) is 4.51. The molecule has 7 heteroatoms. The molecule has 0 saturated heterocycles. The van der Waals surface area contributed by atoms with Gasteiger partial charge in [0.15, 0.2) is 0 Å². The lowest BCUT2D eigenvalue weighted by Gasteiger charge is -2.12. The van der Waals surface area contributed by atoms with Crippen LogP contribution in [-0.4, -0.2) is 24.3 Å². The van der Waals surface area contributed by atoms with E-state index in [0.717, 1.165) is 12.1 Å². The molecule has 0 heterocycles. The SMILES string of the molecule is CCOc1cc(OC(F)F)c(C(=O)O)cc1Cl. The van der Waals surface area contributed by atoms with E-state index in [2.05, 4.69) is 4.74 Å². The van der Waals surface area contributed by atoms with Gasteiger partial charge in [-0.15, -0.1) is 0 Å². The third-order valence-corrected chi connectivity index (χ3v) is 2.08. The molecule has 4 nitrogen and oxygen atoms in total. The van der Waals surface area contributed by atoms with E-state index in [1.54, 1.807) is 6.92 Å². The normalized spacial score (nSPS) is 10.4. The Morgan fingerprint density at radius 2 is 2.12 bits per heavy atom. The minimum absolute atomic E-state index is 0.0193. The van der Waals surface area contributed by atoms with Crippen LogP contribution in [0.2, 0.25) is 5.02 Å². The summed E-state index contributed by atoms with van der Waals surface area (Å²) in [6.45, 7) is -1.18. The number of ether oxygens (including phenoxy) is 2. The maximum atomic E-state index is 12.1. The Morgan fingerprint density at radius 1 is 1.47 bits per heavy atom. The molecule has 0 bridgehead atoms. The fraction of sp³-hybridized carbons (Fsp3) is 0.300. The number of hydrogen-bond donors (Lipinski definition) is 1. The fourth-order valence-corrected chi connectivity index (χ4v) is 1.38.